The van der Waals surface area contributed by atoms with Crippen LogP contribution < -0.4 is 5.32 Å². The molecule has 1 amide bonds. The van der Waals surface area contributed by atoms with Gasteiger partial charge in [-0.1, -0.05) is 93.1 Å². The Labute approximate surface area is 209 Å². The molecule has 0 unspecified atom stereocenters. The molecule has 0 spiro atoms. The smallest absolute Gasteiger partial charge is 0.233 e. The number of amides is 1. The van der Waals surface area contributed by atoms with Crippen LogP contribution in [0, 0.1) is 10.8 Å². The molecule has 2 heterocycles. The van der Waals surface area contributed by atoms with E-state index >= 15 is 0 Å². The minimum Gasteiger partial charge on any atom is -0.337 e. The standard InChI is InChI=1S/C31H36N2O2/c1-29(2)26(24-11-9-23(21-34)10-12-24)13-15-30(3)22-33(20-14-27(29)30)28(35)31(16-18-32-19-17-31)25-7-5-4-6-8-25/h4-14,21,32H,15-20,22H2,1-3H3/t30-/m1/s1. The van der Waals surface area contributed by atoms with E-state index in [4.69, 9.17) is 0 Å². The highest BCUT2D eigenvalue weighted by atomic mass is 16.2. The fraction of sp³-hybridized carbons (Fsp3) is 0.419. The van der Waals surface area contributed by atoms with Gasteiger partial charge in [0.05, 0.1) is 5.41 Å². The Kier molecular flexibility index (Phi) is 6.04. The third-order valence-corrected chi connectivity index (χ3v) is 8.65. The maximum Gasteiger partial charge on any atom is 0.233 e. The van der Waals surface area contributed by atoms with E-state index in [1.54, 1.807) is 0 Å². The molecule has 2 aliphatic heterocycles. The molecule has 1 fully saturated rings. The number of piperidine rings is 1. The lowest BCUT2D eigenvalue weighted by molar-refractivity contribution is -0.140. The summed E-state index contributed by atoms with van der Waals surface area (Å²) in [4.78, 5) is 27.5. The van der Waals surface area contributed by atoms with Crippen molar-refractivity contribution < 1.29 is 9.59 Å². The summed E-state index contributed by atoms with van der Waals surface area (Å²) in [6, 6.07) is 18.3. The summed E-state index contributed by atoms with van der Waals surface area (Å²) in [6.45, 7) is 10.1. The zero-order chi connectivity index (χ0) is 24.7. The molecule has 2 aromatic carbocycles. The molecule has 4 nitrogen and oxygen atoms in total. The maximum atomic E-state index is 14.2. The lowest BCUT2D eigenvalue weighted by atomic mass is 9.58. The number of fused-ring (bicyclic) bond motifs is 1. The Hall–Kier alpha value is -2.98. The van der Waals surface area contributed by atoms with Crippen molar-refractivity contribution in [2.75, 3.05) is 26.2 Å². The van der Waals surface area contributed by atoms with Gasteiger partial charge in [-0.3, -0.25) is 9.59 Å². The van der Waals surface area contributed by atoms with Gasteiger partial charge in [-0.2, -0.15) is 0 Å². The molecule has 0 bridgehead atoms. The summed E-state index contributed by atoms with van der Waals surface area (Å²) in [5, 5.41) is 3.45. The van der Waals surface area contributed by atoms with E-state index in [2.05, 4.69) is 79.5 Å². The van der Waals surface area contributed by atoms with Crippen molar-refractivity contribution in [3.8, 4) is 0 Å². The van der Waals surface area contributed by atoms with Gasteiger partial charge in [0.25, 0.3) is 0 Å². The van der Waals surface area contributed by atoms with Crippen LogP contribution in [-0.4, -0.2) is 43.3 Å². The first-order valence-corrected chi connectivity index (χ1v) is 12.8. The molecule has 5 rings (SSSR count). The van der Waals surface area contributed by atoms with Crippen LogP contribution in [0.3, 0.4) is 0 Å². The van der Waals surface area contributed by atoms with Crippen LogP contribution in [0.25, 0.3) is 5.57 Å². The highest BCUT2D eigenvalue weighted by Crippen LogP contribution is 2.55. The van der Waals surface area contributed by atoms with Crippen molar-refractivity contribution in [1.29, 1.82) is 0 Å². The van der Waals surface area contributed by atoms with Gasteiger partial charge in [-0.05, 0) is 49.1 Å². The van der Waals surface area contributed by atoms with Gasteiger partial charge in [0.2, 0.25) is 5.91 Å². The fourth-order valence-electron chi connectivity index (χ4n) is 6.84. The number of hydrogen-bond acceptors (Lipinski definition) is 3. The van der Waals surface area contributed by atoms with Crippen molar-refractivity contribution in [2.45, 2.75) is 45.4 Å². The number of carbonyl (C=O) groups is 2. The zero-order valence-electron chi connectivity index (χ0n) is 21.1. The molecule has 0 aromatic heterocycles. The molecule has 35 heavy (non-hydrogen) atoms. The molecule has 3 aliphatic rings. The Bertz CT molecular complexity index is 1170. The van der Waals surface area contributed by atoms with Crippen molar-refractivity contribution in [1.82, 2.24) is 10.2 Å². The number of allylic oxidation sites excluding steroid dienone is 2. The third kappa shape index (κ3) is 3.98. The molecule has 2 aromatic rings. The largest absolute Gasteiger partial charge is 0.337 e. The van der Waals surface area contributed by atoms with Gasteiger partial charge in [0.1, 0.15) is 6.29 Å². The Morgan fingerprint density at radius 1 is 0.943 bits per heavy atom. The van der Waals surface area contributed by atoms with Crippen LogP contribution in [0.4, 0.5) is 0 Å². The lowest BCUT2D eigenvalue weighted by Crippen LogP contribution is -2.56. The number of hydrogen-bond donors (Lipinski definition) is 1. The average molecular weight is 469 g/mol. The Balaban J connectivity index is 1.45. The van der Waals surface area contributed by atoms with Crippen LogP contribution in [0.2, 0.25) is 0 Å². The van der Waals surface area contributed by atoms with E-state index in [0.717, 1.165) is 50.7 Å². The van der Waals surface area contributed by atoms with E-state index in [-0.39, 0.29) is 16.7 Å². The molecule has 182 valence electrons. The molecule has 1 N–H and O–H groups in total. The van der Waals surface area contributed by atoms with Gasteiger partial charge in [-0.15, -0.1) is 0 Å². The van der Waals surface area contributed by atoms with Gasteiger partial charge in [-0.25, -0.2) is 0 Å². The van der Waals surface area contributed by atoms with Crippen molar-refractivity contribution >= 4 is 17.8 Å². The number of nitrogens with one attached hydrogen (secondary N) is 1. The number of rotatable bonds is 4. The van der Waals surface area contributed by atoms with Gasteiger partial charge >= 0.3 is 0 Å². The molecule has 0 radical (unpaired) electrons. The average Bonchev–Trinajstić information content (AvgIpc) is 2.89. The second-order valence-corrected chi connectivity index (χ2v) is 11.2. The first-order chi connectivity index (χ1) is 16.8. The van der Waals surface area contributed by atoms with Crippen LogP contribution in [0.5, 0.6) is 0 Å². The topological polar surface area (TPSA) is 49.4 Å². The normalized spacial score (nSPS) is 25.2. The molecular weight excluding hydrogens is 432 g/mol. The summed E-state index contributed by atoms with van der Waals surface area (Å²) in [5.74, 6) is 0.277. The predicted octanol–water partition coefficient (Wildman–Crippen LogP) is 5.41. The summed E-state index contributed by atoms with van der Waals surface area (Å²) in [7, 11) is 0. The monoisotopic (exact) mass is 468 g/mol. The van der Waals surface area contributed by atoms with Crippen molar-refractivity contribution in [2.24, 2.45) is 10.8 Å². The summed E-state index contributed by atoms with van der Waals surface area (Å²) >= 11 is 0. The number of nitrogens with zero attached hydrogens (tertiary/aromatic N) is 1. The highest BCUT2D eigenvalue weighted by Gasteiger charge is 2.50. The predicted molar refractivity (Wildman–Crippen MR) is 141 cm³/mol. The third-order valence-electron chi connectivity index (χ3n) is 8.65. The van der Waals surface area contributed by atoms with Gasteiger partial charge < -0.3 is 10.2 Å². The van der Waals surface area contributed by atoms with Crippen molar-refractivity contribution in [3.05, 3.63) is 89.0 Å². The zero-order valence-corrected chi connectivity index (χ0v) is 21.1. The first kappa shape index (κ1) is 23.7. The summed E-state index contributed by atoms with van der Waals surface area (Å²) in [6.07, 6.45) is 8.16. The molecule has 1 saturated heterocycles. The second kappa shape index (κ2) is 8.91. The van der Waals surface area contributed by atoms with E-state index < -0.39 is 5.41 Å². The van der Waals surface area contributed by atoms with E-state index in [9.17, 15) is 9.59 Å². The second-order valence-electron chi connectivity index (χ2n) is 11.2. The molecular formula is C31H36N2O2. The van der Waals surface area contributed by atoms with E-state index in [1.165, 1.54) is 16.7 Å². The SMILES string of the molecule is CC1(C)C(c2ccc(C=O)cc2)=CC[C@]2(C)CN(C(=O)C3(c4ccccc4)CCNCC3)CC=C12. The van der Waals surface area contributed by atoms with Crippen LogP contribution in [-0.2, 0) is 10.2 Å². The van der Waals surface area contributed by atoms with Crippen molar-refractivity contribution in [3.63, 3.8) is 0 Å². The van der Waals surface area contributed by atoms with Gasteiger partial charge in [0, 0.05) is 29.5 Å². The molecule has 1 aliphatic carbocycles. The summed E-state index contributed by atoms with van der Waals surface area (Å²) in [5.41, 5.74) is 5.06. The number of aldehydes is 1. The highest BCUT2D eigenvalue weighted by molar-refractivity contribution is 5.89. The Morgan fingerprint density at radius 2 is 1.63 bits per heavy atom. The maximum absolute atomic E-state index is 14.2. The van der Waals surface area contributed by atoms with Crippen LogP contribution in [0.15, 0.2) is 72.3 Å². The number of benzene rings is 2. The van der Waals surface area contributed by atoms with Crippen LogP contribution in [0.1, 0.15) is 61.5 Å². The molecule has 1 atom stereocenters. The van der Waals surface area contributed by atoms with E-state index in [0.29, 0.717) is 12.1 Å². The Morgan fingerprint density at radius 3 is 2.29 bits per heavy atom. The molecule has 0 saturated carbocycles. The summed E-state index contributed by atoms with van der Waals surface area (Å²) < 4.78 is 0. The lowest BCUT2D eigenvalue weighted by Gasteiger charge is -2.52. The van der Waals surface area contributed by atoms with E-state index in [1.807, 2.05) is 18.2 Å². The molecule has 4 heteroatoms. The van der Waals surface area contributed by atoms with Gasteiger partial charge in [0.15, 0.2) is 0 Å². The quantitative estimate of drug-likeness (QED) is 0.482. The fourth-order valence-corrected chi connectivity index (χ4v) is 6.84. The minimum atomic E-state index is -0.445. The first-order valence-electron chi connectivity index (χ1n) is 12.8. The van der Waals surface area contributed by atoms with Crippen LogP contribution >= 0.6 is 0 Å². The number of carbonyl (C=O) groups excluding carboxylic acids is 2. The minimum absolute atomic E-state index is 0.0888.